The first kappa shape index (κ1) is 8.60. The average molecular weight is 156 g/mol. The molecule has 1 aliphatic rings. The summed E-state index contributed by atoms with van der Waals surface area (Å²) in [6.45, 7) is 4.32. The SMILES string of the molecule is CC(C)C[C@H]1C[C@@H](O)C=CO1. The van der Waals surface area contributed by atoms with Crippen LogP contribution in [0, 0.1) is 5.92 Å². The smallest absolute Gasteiger partial charge is 0.101 e. The minimum atomic E-state index is -0.299. The first-order chi connectivity index (χ1) is 5.18. The zero-order valence-corrected chi connectivity index (χ0v) is 7.16. The number of ether oxygens (including phenoxy) is 1. The maximum absolute atomic E-state index is 9.23. The molecule has 0 unspecified atom stereocenters. The van der Waals surface area contributed by atoms with Crippen molar-refractivity contribution < 1.29 is 9.84 Å². The van der Waals surface area contributed by atoms with Gasteiger partial charge in [-0.2, -0.15) is 0 Å². The zero-order chi connectivity index (χ0) is 8.27. The Morgan fingerprint density at radius 1 is 1.64 bits per heavy atom. The van der Waals surface area contributed by atoms with Gasteiger partial charge in [0.15, 0.2) is 0 Å². The summed E-state index contributed by atoms with van der Waals surface area (Å²) >= 11 is 0. The van der Waals surface area contributed by atoms with Crippen molar-refractivity contribution in [1.29, 1.82) is 0 Å². The van der Waals surface area contributed by atoms with Crippen molar-refractivity contribution in [1.82, 2.24) is 0 Å². The fourth-order valence-corrected chi connectivity index (χ4v) is 1.33. The molecule has 1 aliphatic heterocycles. The normalized spacial score (nSPS) is 30.5. The Morgan fingerprint density at radius 3 is 2.91 bits per heavy atom. The summed E-state index contributed by atoms with van der Waals surface area (Å²) in [7, 11) is 0. The van der Waals surface area contributed by atoms with E-state index in [-0.39, 0.29) is 12.2 Å². The fourth-order valence-electron chi connectivity index (χ4n) is 1.33. The Labute approximate surface area is 67.9 Å². The highest BCUT2D eigenvalue weighted by Crippen LogP contribution is 2.17. The van der Waals surface area contributed by atoms with E-state index in [4.69, 9.17) is 4.74 Å². The number of hydrogen-bond acceptors (Lipinski definition) is 2. The summed E-state index contributed by atoms with van der Waals surface area (Å²) in [6.07, 6.45) is 5.00. The topological polar surface area (TPSA) is 29.5 Å². The van der Waals surface area contributed by atoms with Gasteiger partial charge in [0.1, 0.15) is 6.10 Å². The van der Waals surface area contributed by atoms with Crippen molar-refractivity contribution in [2.45, 2.75) is 38.9 Å². The van der Waals surface area contributed by atoms with Crippen LogP contribution in [0.5, 0.6) is 0 Å². The molecule has 2 heteroatoms. The molecule has 0 aliphatic carbocycles. The molecule has 0 amide bonds. The first-order valence-corrected chi connectivity index (χ1v) is 4.18. The first-order valence-electron chi connectivity index (χ1n) is 4.18. The second-order valence-corrected chi connectivity index (χ2v) is 3.52. The van der Waals surface area contributed by atoms with Gasteiger partial charge in [-0.15, -0.1) is 0 Å². The van der Waals surface area contributed by atoms with Gasteiger partial charge in [-0.3, -0.25) is 0 Å². The molecule has 1 N–H and O–H groups in total. The number of aliphatic hydroxyl groups excluding tert-OH is 1. The third-order valence-corrected chi connectivity index (χ3v) is 1.81. The minimum Gasteiger partial charge on any atom is -0.498 e. The van der Waals surface area contributed by atoms with Gasteiger partial charge in [0.2, 0.25) is 0 Å². The van der Waals surface area contributed by atoms with E-state index in [1.165, 1.54) is 0 Å². The molecule has 0 spiro atoms. The van der Waals surface area contributed by atoms with Crippen LogP contribution in [0.1, 0.15) is 26.7 Å². The molecular formula is C9H16O2. The largest absolute Gasteiger partial charge is 0.498 e. The summed E-state index contributed by atoms with van der Waals surface area (Å²) in [6, 6.07) is 0. The summed E-state index contributed by atoms with van der Waals surface area (Å²) < 4.78 is 5.32. The van der Waals surface area contributed by atoms with Crippen molar-refractivity contribution in [3.63, 3.8) is 0 Å². The van der Waals surface area contributed by atoms with Crippen molar-refractivity contribution in [2.24, 2.45) is 5.92 Å². The Morgan fingerprint density at radius 2 is 2.36 bits per heavy atom. The molecule has 0 aromatic carbocycles. The molecule has 2 atom stereocenters. The van der Waals surface area contributed by atoms with E-state index in [2.05, 4.69) is 13.8 Å². The van der Waals surface area contributed by atoms with Crippen LogP contribution in [0.15, 0.2) is 12.3 Å². The Kier molecular flexibility index (Phi) is 2.94. The van der Waals surface area contributed by atoms with E-state index in [1.807, 2.05) is 0 Å². The summed E-state index contributed by atoms with van der Waals surface area (Å²) in [5.41, 5.74) is 0. The predicted octanol–water partition coefficient (Wildman–Crippen LogP) is 1.70. The van der Waals surface area contributed by atoms with Gasteiger partial charge in [0.05, 0.1) is 12.4 Å². The monoisotopic (exact) mass is 156 g/mol. The second-order valence-electron chi connectivity index (χ2n) is 3.52. The van der Waals surface area contributed by atoms with Crippen molar-refractivity contribution in [3.8, 4) is 0 Å². The highest BCUT2D eigenvalue weighted by molar-refractivity contribution is 4.90. The van der Waals surface area contributed by atoms with Crippen molar-refractivity contribution in [2.75, 3.05) is 0 Å². The molecule has 1 rings (SSSR count). The quantitative estimate of drug-likeness (QED) is 0.659. The molecule has 0 saturated heterocycles. The maximum atomic E-state index is 9.23. The highest BCUT2D eigenvalue weighted by Gasteiger charge is 2.17. The second kappa shape index (κ2) is 3.77. The van der Waals surface area contributed by atoms with E-state index in [0.717, 1.165) is 12.8 Å². The lowest BCUT2D eigenvalue weighted by atomic mass is 10.00. The van der Waals surface area contributed by atoms with Gasteiger partial charge in [-0.1, -0.05) is 13.8 Å². The van der Waals surface area contributed by atoms with Gasteiger partial charge in [0, 0.05) is 6.42 Å². The summed E-state index contributed by atoms with van der Waals surface area (Å²) in [4.78, 5) is 0. The third kappa shape index (κ3) is 2.93. The molecule has 2 nitrogen and oxygen atoms in total. The Balaban J connectivity index is 2.31. The van der Waals surface area contributed by atoms with Gasteiger partial charge in [-0.25, -0.2) is 0 Å². The number of aliphatic hydroxyl groups is 1. The van der Waals surface area contributed by atoms with Crippen LogP contribution in [0.25, 0.3) is 0 Å². The molecule has 0 aromatic heterocycles. The lowest BCUT2D eigenvalue weighted by molar-refractivity contribution is 0.0515. The van der Waals surface area contributed by atoms with E-state index < -0.39 is 0 Å². The number of hydrogen-bond donors (Lipinski definition) is 1. The number of rotatable bonds is 2. The predicted molar refractivity (Wildman–Crippen MR) is 44.1 cm³/mol. The lowest BCUT2D eigenvalue weighted by Crippen LogP contribution is -2.23. The van der Waals surface area contributed by atoms with Crippen LogP contribution >= 0.6 is 0 Å². The molecule has 11 heavy (non-hydrogen) atoms. The van der Waals surface area contributed by atoms with Crippen LogP contribution < -0.4 is 0 Å². The van der Waals surface area contributed by atoms with Crippen molar-refractivity contribution >= 4 is 0 Å². The molecule has 0 radical (unpaired) electrons. The Bertz CT molecular complexity index is 140. The van der Waals surface area contributed by atoms with E-state index in [9.17, 15) is 5.11 Å². The molecular weight excluding hydrogens is 140 g/mol. The van der Waals surface area contributed by atoms with Crippen LogP contribution in [0.4, 0.5) is 0 Å². The van der Waals surface area contributed by atoms with Gasteiger partial charge >= 0.3 is 0 Å². The van der Waals surface area contributed by atoms with E-state index >= 15 is 0 Å². The molecule has 1 heterocycles. The summed E-state index contributed by atoms with van der Waals surface area (Å²) in [5.74, 6) is 0.638. The summed E-state index contributed by atoms with van der Waals surface area (Å²) in [5, 5.41) is 9.23. The average Bonchev–Trinajstić information content (AvgIpc) is 1.85. The van der Waals surface area contributed by atoms with Gasteiger partial charge < -0.3 is 9.84 Å². The van der Waals surface area contributed by atoms with Crippen LogP contribution in [-0.2, 0) is 4.74 Å². The van der Waals surface area contributed by atoms with E-state index in [0.29, 0.717) is 5.92 Å². The Hall–Kier alpha value is -0.500. The molecule has 0 fully saturated rings. The van der Waals surface area contributed by atoms with Gasteiger partial charge in [0.25, 0.3) is 0 Å². The lowest BCUT2D eigenvalue weighted by Gasteiger charge is -2.23. The van der Waals surface area contributed by atoms with Crippen LogP contribution in [-0.4, -0.2) is 17.3 Å². The molecule has 64 valence electrons. The highest BCUT2D eigenvalue weighted by atomic mass is 16.5. The van der Waals surface area contributed by atoms with E-state index in [1.54, 1.807) is 12.3 Å². The standard InChI is InChI=1S/C9H16O2/c1-7(2)5-9-6-8(10)3-4-11-9/h3-4,7-10H,5-6H2,1-2H3/t8-,9-/m0/s1. The zero-order valence-electron chi connectivity index (χ0n) is 7.16. The molecule has 0 aromatic rings. The van der Waals surface area contributed by atoms with Crippen LogP contribution in [0.3, 0.4) is 0 Å². The molecule has 0 bridgehead atoms. The molecule has 0 saturated carbocycles. The maximum Gasteiger partial charge on any atom is 0.101 e. The van der Waals surface area contributed by atoms with Crippen molar-refractivity contribution in [3.05, 3.63) is 12.3 Å². The van der Waals surface area contributed by atoms with Crippen LogP contribution in [0.2, 0.25) is 0 Å². The fraction of sp³-hybridized carbons (Fsp3) is 0.778. The minimum absolute atomic E-state index is 0.218. The third-order valence-electron chi connectivity index (χ3n) is 1.81. The van der Waals surface area contributed by atoms with Gasteiger partial charge in [-0.05, 0) is 18.4 Å².